The van der Waals surface area contributed by atoms with Gasteiger partial charge in [0.15, 0.2) is 0 Å². The summed E-state index contributed by atoms with van der Waals surface area (Å²) in [5.74, 6) is 0.521. The van der Waals surface area contributed by atoms with Crippen LogP contribution in [0.1, 0.15) is 32.0 Å². The third-order valence-corrected chi connectivity index (χ3v) is 3.19. The van der Waals surface area contributed by atoms with Crippen molar-refractivity contribution in [3.8, 4) is 0 Å². The number of aromatic nitrogens is 3. The van der Waals surface area contributed by atoms with Gasteiger partial charge in [-0.1, -0.05) is 12.1 Å². The van der Waals surface area contributed by atoms with Gasteiger partial charge in [-0.3, -0.25) is 4.68 Å². The minimum atomic E-state index is 0.301. The molecular weight excluding hydrogens is 204 g/mol. The molecule has 2 rings (SSSR count). The van der Waals surface area contributed by atoms with Gasteiger partial charge in [0.1, 0.15) is 0 Å². The second kappa shape index (κ2) is 4.93. The fourth-order valence-corrected chi connectivity index (χ4v) is 2.39. The molecule has 90 valence electrons. The Morgan fingerprint density at radius 2 is 2.50 bits per heavy atom. The van der Waals surface area contributed by atoms with E-state index in [0.717, 1.165) is 25.3 Å². The molecule has 0 radical (unpaired) electrons. The van der Waals surface area contributed by atoms with E-state index in [1.54, 1.807) is 0 Å². The highest BCUT2D eigenvalue weighted by Crippen LogP contribution is 2.30. The smallest absolute Gasteiger partial charge is 0.0756 e. The van der Waals surface area contributed by atoms with Gasteiger partial charge in [0.05, 0.1) is 30.6 Å². The van der Waals surface area contributed by atoms with Crippen LogP contribution in [0.2, 0.25) is 0 Å². The first-order valence-corrected chi connectivity index (χ1v) is 5.92. The fourth-order valence-electron chi connectivity index (χ4n) is 2.39. The van der Waals surface area contributed by atoms with Crippen molar-refractivity contribution in [1.82, 2.24) is 20.3 Å². The van der Waals surface area contributed by atoms with Gasteiger partial charge in [-0.05, 0) is 19.9 Å². The number of nitrogens with zero attached hydrogens (tertiary/aromatic N) is 3. The SMILES string of the molecule is CCNC(c1cnnn1C)C1COC(C)C1. The fraction of sp³-hybridized carbons (Fsp3) is 0.818. The van der Waals surface area contributed by atoms with Crippen molar-refractivity contribution >= 4 is 0 Å². The first-order chi connectivity index (χ1) is 7.72. The standard InChI is InChI=1S/C11H20N4O/c1-4-12-11(9-5-8(2)16-7-9)10-6-13-14-15(10)3/h6,8-9,11-12H,4-5,7H2,1-3H3. The predicted octanol–water partition coefficient (Wildman–Crippen LogP) is 0.891. The Labute approximate surface area is 96.2 Å². The monoisotopic (exact) mass is 224 g/mol. The van der Waals surface area contributed by atoms with Crippen LogP contribution in [0.15, 0.2) is 6.20 Å². The Morgan fingerprint density at radius 3 is 3.00 bits per heavy atom. The molecule has 0 saturated carbocycles. The molecule has 1 aromatic rings. The molecule has 1 N–H and O–H groups in total. The lowest BCUT2D eigenvalue weighted by Crippen LogP contribution is -2.30. The molecule has 3 atom stereocenters. The Kier molecular flexibility index (Phi) is 3.56. The van der Waals surface area contributed by atoms with Crippen molar-refractivity contribution in [2.75, 3.05) is 13.2 Å². The van der Waals surface area contributed by atoms with Crippen LogP contribution in [0.5, 0.6) is 0 Å². The van der Waals surface area contributed by atoms with Crippen molar-refractivity contribution in [2.24, 2.45) is 13.0 Å². The van der Waals surface area contributed by atoms with Crippen LogP contribution in [0.25, 0.3) is 0 Å². The van der Waals surface area contributed by atoms with Crippen LogP contribution in [0.3, 0.4) is 0 Å². The number of aryl methyl sites for hydroxylation is 1. The molecule has 1 saturated heterocycles. The molecule has 5 heteroatoms. The maximum absolute atomic E-state index is 5.64. The van der Waals surface area contributed by atoms with E-state index in [2.05, 4.69) is 29.5 Å². The van der Waals surface area contributed by atoms with Gasteiger partial charge in [-0.15, -0.1) is 5.10 Å². The largest absolute Gasteiger partial charge is 0.378 e. The van der Waals surface area contributed by atoms with E-state index < -0.39 is 0 Å². The summed E-state index contributed by atoms with van der Waals surface area (Å²) in [6.45, 7) is 6.02. The summed E-state index contributed by atoms with van der Waals surface area (Å²) in [5.41, 5.74) is 1.14. The zero-order valence-corrected chi connectivity index (χ0v) is 10.2. The second-order valence-electron chi connectivity index (χ2n) is 4.46. The molecule has 2 heterocycles. The lowest BCUT2D eigenvalue weighted by Gasteiger charge is -2.22. The van der Waals surface area contributed by atoms with Crippen molar-refractivity contribution in [3.05, 3.63) is 11.9 Å². The highest BCUT2D eigenvalue weighted by molar-refractivity contribution is 5.05. The summed E-state index contributed by atoms with van der Waals surface area (Å²) in [6, 6.07) is 0.301. The Balaban J connectivity index is 2.14. The Morgan fingerprint density at radius 1 is 1.69 bits per heavy atom. The molecule has 0 aromatic carbocycles. The van der Waals surface area contributed by atoms with Crippen molar-refractivity contribution < 1.29 is 4.74 Å². The van der Waals surface area contributed by atoms with E-state index in [-0.39, 0.29) is 0 Å². The van der Waals surface area contributed by atoms with Crippen LogP contribution < -0.4 is 5.32 Å². The van der Waals surface area contributed by atoms with Gasteiger partial charge in [-0.2, -0.15) is 0 Å². The molecule has 0 amide bonds. The topological polar surface area (TPSA) is 52.0 Å². The maximum atomic E-state index is 5.64. The normalized spacial score (nSPS) is 27.2. The molecule has 16 heavy (non-hydrogen) atoms. The molecule has 0 aliphatic carbocycles. The summed E-state index contributed by atoms with van der Waals surface area (Å²) < 4.78 is 7.48. The maximum Gasteiger partial charge on any atom is 0.0756 e. The van der Waals surface area contributed by atoms with Crippen LogP contribution in [-0.4, -0.2) is 34.2 Å². The highest BCUT2D eigenvalue weighted by atomic mass is 16.5. The van der Waals surface area contributed by atoms with Crippen LogP contribution in [0.4, 0.5) is 0 Å². The predicted molar refractivity (Wildman–Crippen MR) is 60.9 cm³/mol. The first kappa shape index (κ1) is 11.5. The van der Waals surface area contributed by atoms with E-state index in [4.69, 9.17) is 4.74 Å². The van der Waals surface area contributed by atoms with E-state index in [1.807, 2.05) is 17.9 Å². The number of hydrogen-bond donors (Lipinski definition) is 1. The molecular formula is C11H20N4O. The van der Waals surface area contributed by atoms with Gasteiger partial charge in [0.2, 0.25) is 0 Å². The third-order valence-electron chi connectivity index (χ3n) is 3.19. The van der Waals surface area contributed by atoms with Crippen LogP contribution in [-0.2, 0) is 11.8 Å². The molecule has 1 aliphatic rings. The van der Waals surface area contributed by atoms with E-state index >= 15 is 0 Å². The summed E-state index contributed by atoms with van der Waals surface area (Å²) in [5, 5.41) is 11.5. The molecule has 3 unspecified atom stereocenters. The molecule has 1 fully saturated rings. The molecule has 1 aliphatic heterocycles. The van der Waals surface area contributed by atoms with Crippen molar-refractivity contribution in [3.63, 3.8) is 0 Å². The number of ether oxygens (including phenoxy) is 1. The first-order valence-electron chi connectivity index (χ1n) is 5.92. The minimum Gasteiger partial charge on any atom is -0.378 e. The summed E-state index contributed by atoms with van der Waals surface area (Å²) in [6.07, 6.45) is 3.31. The Bertz CT molecular complexity index is 338. The van der Waals surface area contributed by atoms with Gasteiger partial charge in [0.25, 0.3) is 0 Å². The van der Waals surface area contributed by atoms with Gasteiger partial charge in [-0.25, -0.2) is 0 Å². The Hall–Kier alpha value is -0.940. The number of nitrogens with one attached hydrogen (secondary N) is 1. The number of hydrogen-bond acceptors (Lipinski definition) is 4. The van der Waals surface area contributed by atoms with Crippen molar-refractivity contribution in [1.29, 1.82) is 0 Å². The summed E-state index contributed by atoms with van der Waals surface area (Å²) >= 11 is 0. The van der Waals surface area contributed by atoms with Crippen LogP contribution >= 0.6 is 0 Å². The summed E-state index contributed by atoms with van der Waals surface area (Å²) in [7, 11) is 1.94. The second-order valence-corrected chi connectivity index (χ2v) is 4.46. The van der Waals surface area contributed by atoms with Crippen molar-refractivity contribution in [2.45, 2.75) is 32.4 Å². The highest BCUT2D eigenvalue weighted by Gasteiger charge is 2.31. The zero-order valence-electron chi connectivity index (χ0n) is 10.2. The van der Waals surface area contributed by atoms with E-state index in [1.165, 1.54) is 0 Å². The average Bonchev–Trinajstić information content (AvgIpc) is 2.84. The minimum absolute atomic E-state index is 0.301. The summed E-state index contributed by atoms with van der Waals surface area (Å²) in [4.78, 5) is 0. The van der Waals surface area contributed by atoms with Crippen LogP contribution in [0, 0.1) is 5.92 Å². The van der Waals surface area contributed by atoms with Gasteiger partial charge >= 0.3 is 0 Å². The lowest BCUT2D eigenvalue weighted by atomic mass is 9.94. The third kappa shape index (κ3) is 2.25. The molecule has 5 nitrogen and oxygen atoms in total. The lowest BCUT2D eigenvalue weighted by molar-refractivity contribution is 0.116. The zero-order chi connectivity index (χ0) is 11.5. The van der Waals surface area contributed by atoms with Gasteiger partial charge < -0.3 is 10.1 Å². The molecule has 0 bridgehead atoms. The van der Waals surface area contributed by atoms with E-state index in [0.29, 0.717) is 18.1 Å². The molecule has 1 aromatic heterocycles. The number of rotatable bonds is 4. The molecule has 0 spiro atoms. The average molecular weight is 224 g/mol. The van der Waals surface area contributed by atoms with E-state index in [9.17, 15) is 0 Å². The van der Waals surface area contributed by atoms with Gasteiger partial charge in [0, 0.05) is 13.0 Å². The quantitative estimate of drug-likeness (QED) is 0.825.